The smallest absolute Gasteiger partial charge is 0.270 e. The predicted octanol–water partition coefficient (Wildman–Crippen LogP) is 4.15. The fourth-order valence-corrected chi connectivity index (χ4v) is 2.79. The minimum atomic E-state index is -0.261. The number of ether oxygens (including phenoxy) is 1. The topological polar surface area (TPSA) is 76.1 Å². The number of methoxy groups -OCH3 is 1. The molecule has 2 aromatic carbocycles. The van der Waals surface area contributed by atoms with Gasteiger partial charge in [-0.05, 0) is 12.0 Å². The Balaban J connectivity index is 1.84. The predicted molar refractivity (Wildman–Crippen MR) is 115 cm³/mol. The maximum atomic E-state index is 12.8. The molecule has 6 heteroatoms. The largest absolute Gasteiger partial charge is 0.496 e. The van der Waals surface area contributed by atoms with Crippen LogP contribution in [0.2, 0.25) is 0 Å². The molecular formula is C23H26N4O2. The van der Waals surface area contributed by atoms with Gasteiger partial charge in [-0.3, -0.25) is 4.79 Å². The molecule has 150 valence electrons. The fourth-order valence-electron chi connectivity index (χ4n) is 2.79. The average Bonchev–Trinajstić information content (AvgIpc) is 2.76. The van der Waals surface area contributed by atoms with E-state index in [-0.39, 0.29) is 5.91 Å². The molecule has 2 N–H and O–H groups in total. The third kappa shape index (κ3) is 5.54. The molecule has 0 atom stereocenters. The first-order valence-corrected chi connectivity index (χ1v) is 9.65. The zero-order valence-electron chi connectivity index (χ0n) is 17.0. The Morgan fingerprint density at radius 1 is 1.03 bits per heavy atom. The quantitative estimate of drug-likeness (QED) is 0.604. The van der Waals surface area contributed by atoms with Crippen molar-refractivity contribution >= 4 is 11.7 Å². The number of rotatable bonds is 8. The van der Waals surface area contributed by atoms with E-state index in [2.05, 4.69) is 34.4 Å². The van der Waals surface area contributed by atoms with Gasteiger partial charge in [0.25, 0.3) is 5.91 Å². The summed E-state index contributed by atoms with van der Waals surface area (Å²) >= 11 is 0. The number of carbonyl (C=O) groups excluding carboxylic acids is 1. The SMILES string of the molecule is COc1ccccc1CNC(=O)c1cc(NCC(C)C)nc(-c2ccccc2)n1. The number of carbonyl (C=O) groups is 1. The van der Waals surface area contributed by atoms with Crippen LogP contribution in [-0.4, -0.2) is 29.5 Å². The summed E-state index contributed by atoms with van der Waals surface area (Å²) in [5.74, 6) is 2.08. The molecule has 0 spiro atoms. The van der Waals surface area contributed by atoms with Crippen molar-refractivity contribution in [3.05, 3.63) is 71.9 Å². The number of nitrogens with zero attached hydrogens (tertiary/aromatic N) is 2. The summed E-state index contributed by atoms with van der Waals surface area (Å²) in [6, 6.07) is 18.9. The van der Waals surface area contributed by atoms with Crippen LogP contribution < -0.4 is 15.4 Å². The van der Waals surface area contributed by atoms with E-state index in [4.69, 9.17) is 4.74 Å². The Morgan fingerprint density at radius 2 is 1.76 bits per heavy atom. The highest BCUT2D eigenvalue weighted by Gasteiger charge is 2.14. The second-order valence-corrected chi connectivity index (χ2v) is 7.10. The average molecular weight is 390 g/mol. The Bertz CT molecular complexity index is 958. The van der Waals surface area contributed by atoms with E-state index < -0.39 is 0 Å². The normalized spacial score (nSPS) is 10.6. The van der Waals surface area contributed by atoms with E-state index >= 15 is 0 Å². The molecule has 0 fully saturated rings. The van der Waals surface area contributed by atoms with Crippen LogP contribution in [0.25, 0.3) is 11.4 Å². The van der Waals surface area contributed by atoms with Crippen molar-refractivity contribution in [3.8, 4) is 17.1 Å². The van der Waals surface area contributed by atoms with Gasteiger partial charge in [-0.15, -0.1) is 0 Å². The summed E-state index contributed by atoms with van der Waals surface area (Å²) in [6.07, 6.45) is 0. The number of nitrogens with one attached hydrogen (secondary N) is 2. The van der Waals surface area contributed by atoms with Crippen LogP contribution in [-0.2, 0) is 6.54 Å². The number of benzene rings is 2. The molecule has 0 aliphatic rings. The van der Waals surface area contributed by atoms with Gasteiger partial charge in [0.1, 0.15) is 17.3 Å². The van der Waals surface area contributed by atoms with Crippen molar-refractivity contribution in [2.24, 2.45) is 5.92 Å². The lowest BCUT2D eigenvalue weighted by Crippen LogP contribution is -2.25. The van der Waals surface area contributed by atoms with Crippen LogP contribution in [0.1, 0.15) is 29.9 Å². The van der Waals surface area contributed by atoms with Gasteiger partial charge in [0.2, 0.25) is 0 Å². The van der Waals surface area contributed by atoms with Gasteiger partial charge in [-0.1, -0.05) is 62.4 Å². The molecule has 0 radical (unpaired) electrons. The molecular weight excluding hydrogens is 364 g/mol. The molecule has 0 unspecified atom stereocenters. The molecule has 3 aromatic rings. The molecule has 3 rings (SSSR count). The van der Waals surface area contributed by atoms with Crippen LogP contribution in [0.3, 0.4) is 0 Å². The van der Waals surface area contributed by atoms with Gasteiger partial charge < -0.3 is 15.4 Å². The maximum Gasteiger partial charge on any atom is 0.270 e. The van der Waals surface area contributed by atoms with E-state index in [1.165, 1.54) is 0 Å². The third-order valence-corrected chi connectivity index (χ3v) is 4.31. The Labute approximate surface area is 171 Å². The van der Waals surface area contributed by atoms with Crippen LogP contribution >= 0.6 is 0 Å². The fraction of sp³-hybridized carbons (Fsp3) is 0.261. The first kappa shape index (κ1) is 20.3. The van der Waals surface area contributed by atoms with Crippen LogP contribution in [0.4, 0.5) is 5.82 Å². The Hall–Kier alpha value is -3.41. The Morgan fingerprint density at radius 3 is 2.48 bits per heavy atom. The van der Waals surface area contributed by atoms with Gasteiger partial charge in [0.05, 0.1) is 7.11 Å². The van der Waals surface area contributed by atoms with Crippen molar-refractivity contribution in [1.82, 2.24) is 15.3 Å². The second-order valence-electron chi connectivity index (χ2n) is 7.10. The van der Waals surface area contributed by atoms with Crippen LogP contribution in [0, 0.1) is 5.92 Å². The molecule has 1 heterocycles. The summed E-state index contributed by atoms with van der Waals surface area (Å²) in [7, 11) is 1.61. The van der Waals surface area contributed by atoms with E-state index in [9.17, 15) is 4.79 Å². The van der Waals surface area contributed by atoms with Crippen LogP contribution in [0.15, 0.2) is 60.7 Å². The third-order valence-electron chi connectivity index (χ3n) is 4.31. The molecule has 6 nitrogen and oxygen atoms in total. The highest BCUT2D eigenvalue weighted by atomic mass is 16.5. The molecule has 1 amide bonds. The van der Waals surface area contributed by atoms with Gasteiger partial charge in [0.15, 0.2) is 5.82 Å². The lowest BCUT2D eigenvalue weighted by atomic mass is 10.2. The summed E-state index contributed by atoms with van der Waals surface area (Å²) in [5.41, 5.74) is 2.08. The second kappa shape index (κ2) is 9.68. The first-order valence-electron chi connectivity index (χ1n) is 9.65. The number of para-hydroxylation sites is 1. The summed E-state index contributed by atoms with van der Waals surface area (Å²) in [6.45, 7) is 5.34. The summed E-state index contributed by atoms with van der Waals surface area (Å²) in [4.78, 5) is 21.9. The molecule has 0 saturated carbocycles. The van der Waals surface area contributed by atoms with Gasteiger partial charge >= 0.3 is 0 Å². The monoisotopic (exact) mass is 390 g/mol. The lowest BCUT2D eigenvalue weighted by molar-refractivity contribution is 0.0945. The van der Waals surface area contributed by atoms with Crippen molar-refractivity contribution < 1.29 is 9.53 Å². The molecule has 0 saturated heterocycles. The van der Waals surface area contributed by atoms with E-state index in [0.717, 1.165) is 23.4 Å². The molecule has 0 aliphatic carbocycles. The van der Waals surface area contributed by atoms with Crippen molar-refractivity contribution in [1.29, 1.82) is 0 Å². The Kier molecular flexibility index (Phi) is 6.79. The molecule has 0 bridgehead atoms. The summed E-state index contributed by atoms with van der Waals surface area (Å²) in [5, 5.41) is 6.21. The minimum absolute atomic E-state index is 0.261. The minimum Gasteiger partial charge on any atom is -0.496 e. The standard InChI is InChI=1S/C23H26N4O2/c1-16(2)14-24-21-13-19(26-22(27-21)17-9-5-4-6-10-17)23(28)25-15-18-11-7-8-12-20(18)29-3/h4-13,16H,14-15H2,1-3H3,(H,25,28)(H,24,26,27). The number of aromatic nitrogens is 2. The van der Waals surface area contributed by atoms with Gasteiger partial charge in [-0.25, -0.2) is 9.97 Å². The molecule has 29 heavy (non-hydrogen) atoms. The molecule has 0 aliphatic heterocycles. The first-order chi connectivity index (χ1) is 14.1. The van der Waals surface area contributed by atoms with E-state index in [1.54, 1.807) is 13.2 Å². The van der Waals surface area contributed by atoms with Crippen LogP contribution in [0.5, 0.6) is 5.75 Å². The number of hydrogen-bond donors (Lipinski definition) is 2. The number of anilines is 1. The van der Waals surface area contributed by atoms with E-state index in [1.807, 2.05) is 54.6 Å². The highest BCUT2D eigenvalue weighted by molar-refractivity contribution is 5.93. The lowest BCUT2D eigenvalue weighted by Gasteiger charge is -2.12. The maximum absolute atomic E-state index is 12.8. The van der Waals surface area contributed by atoms with Gasteiger partial charge in [0, 0.05) is 30.3 Å². The zero-order valence-corrected chi connectivity index (χ0v) is 17.0. The number of hydrogen-bond acceptors (Lipinski definition) is 5. The van der Waals surface area contributed by atoms with Crippen molar-refractivity contribution in [2.75, 3.05) is 19.0 Å². The van der Waals surface area contributed by atoms with Crippen molar-refractivity contribution in [2.45, 2.75) is 20.4 Å². The molecule has 1 aromatic heterocycles. The zero-order chi connectivity index (χ0) is 20.6. The number of amides is 1. The van der Waals surface area contributed by atoms with Crippen molar-refractivity contribution in [3.63, 3.8) is 0 Å². The van der Waals surface area contributed by atoms with E-state index in [0.29, 0.717) is 29.8 Å². The summed E-state index contributed by atoms with van der Waals surface area (Å²) < 4.78 is 5.35. The highest BCUT2D eigenvalue weighted by Crippen LogP contribution is 2.19. The van der Waals surface area contributed by atoms with Gasteiger partial charge in [-0.2, -0.15) is 0 Å².